The Bertz CT molecular complexity index is 667. The Balaban J connectivity index is 2.29. The average molecular weight is 365 g/mol. The van der Waals surface area contributed by atoms with E-state index in [2.05, 4.69) is 6.58 Å². The molecule has 0 bridgehead atoms. The van der Waals surface area contributed by atoms with Gasteiger partial charge in [0.1, 0.15) is 0 Å². The van der Waals surface area contributed by atoms with Crippen LogP contribution in [0.2, 0.25) is 0 Å². The minimum absolute atomic E-state index is 0.160. The minimum atomic E-state index is -0.270. The van der Waals surface area contributed by atoms with Crippen LogP contribution in [0.5, 0.6) is 0 Å². The average Bonchev–Trinajstić information content (AvgIpc) is 2.60. The molecule has 24 heavy (non-hydrogen) atoms. The van der Waals surface area contributed by atoms with Gasteiger partial charge in [0, 0.05) is 19.7 Å². The molecule has 1 fully saturated rings. The van der Waals surface area contributed by atoms with Crippen LogP contribution in [0, 0.1) is 5.92 Å². The summed E-state index contributed by atoms with van der Waals surface area (Å²) < 4.78 is 22.8. The third-order valence-corrected chi connectivity index (χ3v) is 5.57. The molecule has 2 rings (SSSR count). The third-order valence-electron chi connectivity index (χ3n) is 4.44. The number of hydrogen-bond donors (Lipinski definition) is 1. The second kappa shape index (κ2) is 8.62. The van der Waals surface area contributed by atoms with E-state index in [0.29, 0.717) is 46.3 Å². The lowest BCUT2D eigenvalue weighted by atomic mass is 9.93. The highest BCUT2D eigenvalue weighted by Crippen LogP contribution is 2.23. The van der Waals surface area contributed by atoms with Crippen molar-refractivity contribution in [2.45, 2.75) is 26.2 Å². The molecule has 1 amide bonds. The summed E-state index contributed by atoms with van der Waals surface area (Å²) in [4.78, 5) is 14.6. The lowest BCUT2D eigenvalue weighted by Crippen LogP contribution is -2.40. The maximum atomic E-state index is 12.8. The van der Waals surface area contributed by atoms with Crippen LogP contribution in [0.1, 0.15) is 42.1 Å². The number of amides is 1. The molecular weight excluding hydrogens is 344 g/mol. The van der Waals surface area contributed by atoms with Crippen LogP contribution in [-0.4, -0.2) is 35.6 Å². The highest BCUT2D eigenvalue weighted by molar-refractivity contribution is 7.36. The number of rotatable bonds is 6. The Morgan fingerprint density at radius 2 is 1.79 bits per heavy atom. The van der Waals surface area contributed by atoms with Crippen molar-refractivity contribution in [3.05, 3.63) is 29.8 Å². The number of allylic oxidation sites excluding steroid dienone is 1. The molecule has 1 N–H and O–H groups in total. The number of hydrogen-bond acceptors (Lipinski definition) is 4. The third kappa shape index (κ3) is 4.16. The van der Waals surface area contributed by atoms with Gasteiger partial charge in [-0.2, -0.15) is 0 Å². The van der Waals surface area contributed by atoms with Crippen molar-refractivity contribution in [1.82, 2.24) is 4.90 Å². The first-order chi connectivity index (χ1) is 11.5. The number of nitrogens with zero attached hydrogens (tertiary/aromatic N) is 1. The Labute approximate surface area is 145 Å². The Morgan fingerprint density at radius 3 is 2.29 bits per heavy atom. The molecule has 1 aromatic carbocycles. The molecule has 0 aromatic heterocycles. The molecule has 1 aliphatic heterocycles. The Hall–Kier alpha value is -1.41. The van der Waals surface area contributed by atoms with E-state index in [4.69, 9.17) is 5.11 Å². The smallest absolute Gasteiger partial charge is 0.254 e. The normalized spacial score (nSPS) is 15.8. The van der Waals surface area contributed by atoms with Crippen LogP contribution in [0.25, 0.3) is 5.57 Å². The monoisotopic (exact) mass is 365 g/mol. The van der Waals surface area contributed by atoms with E-state index < -0.39 is 0 Å². The number of aliphatic hydroxyl groups is 1. The van der Waals surface area contributed by atoms with Gasteiger partial charge in [-0.1, -0.05) is 6.58 Å². The Kier molecular flexibility index (Phi) is 6.79. The number of carbonyl (C=O) groups is 1. The largest absolute Gasteiger partial charge is 0.396 e. The zero-order valence-electron chi connectivity index (χ0n) is 13.7. The first-order valence-corrected chi connectivity index (χ1v) is 9.55. The van der Waals surface area contributed by atoms with Gasteiger partial charge < -0.3 is 10.0 Å². The molecular formula is C17H21NO4P2. The van der Waals surface area contributed by atoms with Crippen LogP contribution in [-0.2, 0) is 9.13 Å². The predicted molar refractivity (Wildman–Crippen MR) is 96.0 cm³/mol. The van der Waals surface area contributed by atoms with Crippen molar-refractivity contribution in [2.75, 3.05) is 19.7 Å². The second-order valence-electron chi connectivity index (χ2n) is 6.10. The van der Waals surface area contributed by atoms with Gasteiger partial charge in [0.15, 0.2) is 16.9 Å². The summed E-state index contributed by atoms with van der Waals surface area (Å²) in [5.74, 6) is 0.288. The highest BCUT2D eigenvalue weighted by atomic mass is 31.1. The van der Waals surface area contributed by atoms with Gasteiger partial charge in [0.2, 0.25) is 0 Å². The summed E-state index contributed by atoms with van der Waals surface area (Å²) in [7, 11) is -0.459. The quantitative estimate of drug-likeness (QED) is 0.787. The molecule has 5 nitrogen and oxygen atoms in total. The van der Waals surface area contributed by atoms with E-state index in [0.717, 1.165) is 19.3 Å². The zero-order valence-corrected chi connectivity index (χ0v) is 15.5. The van der Waals surface area contributed by atoms with Gasteiger partial charge in [-0.3, -0.25) is 13.9 Å². The van der Waals surface area contributed by atoms with Crippen molar-refractivity contribution in [1.29, 1.82) is 0 Å². The van der Waals surface area contributed by atoms with Gasteiger partial charge in [-0.15, -0.1) is 0 Å². The van der Waals surface area contributed by atoms with E-state index in [1.54, 1.807) is 24.0 Å². The summed E-state index contributed by atoms with van der Waals surface area (Å²) in [5.41, 5.74) is 1.73. The molecule has 1 saturated heterocycles. The minimum Gasteiger partial charge on any atom is -0.396 e. The topological polar surface area (TPSA) is 74.7 Å². The molecule has 7 heteroatoms. The maximum absolute atomic E-state index is 12.8. The van der Waals surface area contributed by atoms with Crippen molar-refractivity contribution in [2.24, 2.45) is 5.92 Å². The van der Waals surface area contributed by atoms with Gasteiger partial charge in [0.05, 0.1) is 16.2 Å². The fourth-order valence-electron chi connectivity index (χ4n) is 3.02. The molecule has 0 atom stereocenters. The van der Waals surface area contributed by atoms with Crippen LogP contribution in [0.4, 0.5) is 0 Å². The van der Waals surface area contributed by atoms with Gasteiger partial charge in [0.25, 0.3) is 5.91 Å². The molecule has 0 unspecified atom stereocenters. The molecule has 0 spiro atoms. The zero-order chi connectivity index (χ0) is 17.7. The van der Waals surface area contributed by atoms with Crippen LogP contribution < -0.4 is 10.6 Å². The number of likely N-dealkylation sites (tertiary alicyclic amines) is 1. The summed E-state index contributed by atoms with van der Waals surface area (Å²) in [6, 6.07) is 3.18. The SMILES string of the molecule is C=C(C)c1cc(C(=O)N2CCC(CCO)CC2)c(P=O)cc1P=O. The van der Waals surface area contributed by atoms with Gasteiger partial charge in [-0.25, -0.2) is 0 Å². The first kappa shape index (κ1) is 18.9. The Morgan fingerprint density at radius 1 is 1.21 bits per heavy atom. The molecule has 0 aliphatic carbocycles. The summed E-state index contributed by atoms with van der Waals surface area (Å²) >= 11 is 0. The second-order valence-corrected chi connectivity index (χ2v) is 7.43. The molecule has 128 valence electrons. The van der Waals surface area contributed by atoms with Gasteiger partial charge >= 0.3 is 0 Å². The molecule has 0 saturated carbocycles. The maximum Gasteiger partial charge on any atom is 0.254 e. The molecule has 1 aromatic rings. The van der Waals surface area contributed by atoms with Gasteiger partial charge in [-0.05, 0) is 55.4 Å². The number of benzene rings is 1. The molecule has 0 radical (unpaired) electrons. The van der Waals surface area contributed by atoms with Crippen molar-refractivity contribution >= 4 is 39.0 Å². The first-order valence-electron chi connectivity index (χ1n) is 7.92. The number of piperidine rings is 1. The van der Waals surface area contributed by atoms with Crippen molar-refractivity contribution in [3.8, 4) is 0 Å². The van der Waals surface area contributed by atoms with Crippen LogP contribution >= 0.6 is 16.9 Å². The van der Waals surface area contributed by atoms with E-state index in [1.807, 2.05) is 0 Å². The summed E-state index contributed by atoms with van der Waals surface area (Å²) in [6.45, 7) is 7.08. The van der Waals surface area contributed by atoms with Crippen LogP contribution in [0.3, 0.4) is 0 Å². The summed E-state index contributed by atoms with van der Waals surface area (Å²) in [5, 5.41) is 9.85. The fourth-order valence-corrected chi connectivity index (χ4v) is 4.10. The number of aliphatic hydroxyl groups excluding tert-OH is 1. The van der Waals surface area contributed by atoms with Crippen LogP contribution in [0.15, 0.2) is 18.7 Å². The van der Waals surface area contributed by atoms with E-state index in [9.17, 15) is 13.9 Å². The fraction of sp³-hybridized carbons (Fsp3) is 0.471. The number of carbonyl (C=O) groups excluding carboxylic acids is 1. The van der Waals surface area contributed by atoms with E-state index in [1.165, 1.54) is 0 Å². The lowest BCUT2D eigenvalue weighted by Gasteiger charge is -2.32. The van der Waals surface area contributed by atoms with Crippen molar-refractivity contribution < 1.29 is 19.0 Å². The molecule has 1 heterocycles. The van der Waals surface area contributed by atoms with E-state index >= 15 is 0 Å². The predicted octanol–water partition coefficient (Wildman–Crippen LogP) is 2.79. The van der Waals surface area contributed by atoms with Crippen molar-refractivity contribution in [3.63, 3.8) is 0 Å². The lowest BCUT2D eigenvalue weighted by molar-refractivity contribution is 0.0679. The van der Waals surface area contributed by atoms with E-state index in [-0.39, 0.29) is 29.4 Å². The highest BCUT2D eigenvalue weighted by Gasteiger charge is 2.26. The molecule has 1 aliphatic rings. The standard InChI is InChI=1S/C17H21NO4P2/c1-11(2)13-9-14(16(24-22)10-15(13)23-21)17(20)18-6-3-12(4-7-18)5-8-19/h9-10,12,19H,1,3-8H2,2H3. The summed E-state index contributed by atoms with van der Waals surface area (Å²) in [6.07, 6.45) is 2.49.